The molecule has 0 aliphatic heterocycles. The zero-order valence-electron chi connectivity index (χ0n) is 30.7. The number of aliphatic hydroxyl groups excluding tert-OH is 2. The molecule has 0 aromatic heterocycles. The molecule has 274 valence electrons. The molecule has 0 aromatic carbocycles. The second-order valence-electron chi connectivity index (χ2n) is 12.8. The van der Waals surface area contributed by atoms with Crippen LogP contribution in [0, 0.1) is 5.92 Å². The average molecular weight is 671 g/mol. The molecule has 3 atom stereocenters. The lowest BCUT2D eigenvalue weighted by atomic mass is 9.99. The normalized spacial score (nSPS) is 14.4. The first-order valence-corrected chi connectivity index (χ1v) is 19.0. The molecular formula is C42H70O6. The van der Waals surface area contributed by atoms with Crippen molar-refractivity contribution < 1.29 is 29.3 Å². The van der Waals surface area contributed by atoms with Gasteiger partial charge in [-0.2, -0.15) is 0 Å². The average Bonchev–Trinajstić information content (AvgIpc) is 3.08. The smallest absolute Gasteiger partial charge is 0.305 e. The van der Waals surface area contributed by atoms with Crippen molar-refractivity contribution >= 4 is 11.9 Å². The standard InChI is InChI=1S/C42H70O6/c1-4-6-7-8-9-10-11-12-13-14-15-16-20-23-26-29-32-39(43)34-35-42(46)48-37-40(44)36-47-41(45)33-30-27-24-21-18-17-19-22-25-28-31-38(3)5-2/h6-7,9-10,12-13,15-16,23,26,29,32,38-40,43-44H,4-5,8,11,14,17-22,24-25,27-28,30-31,33-37H2,1-3H3/b7-6-,10-9-,13-12-,16-15-,26-23-,32-29-/t38?,39?,40-/m0/s1. The molecule has 0 bridgehead atoms. The lowest BCUT2D eigenvalue weighted by Gasteiger charge is -2.12. The Morgan fingerprint density at radius 2 is 1.02 bits per heavy atom. The third kappa shape index (κ3) is 34.6. The topological polar surface area (TPSA) is 93.1 Å². The van der Waals surface area contributed by atoms with Gasteiger partial charge in [0, 0.05) is 12.8 Å². The number of hydrogen-bond acceptors (Lipinski definition) is 6. The van der Waals surface area contributed by atoms with Crippen molar-refractivity contribution in [1.29, 1.82) is 0 Å². The van der Waals surface area contributed by atoms with E-state index < -0.39 is 18.2 Å². The van der Waals surface area contributed by atoms with Crippen molar-refractivity contribution in [3.8, 4) is 0 Å². The van der Waals surface area contributed by atoms with E-state index in [1.807, 2.05) is 12.2 Å². The second-order valence-corrected chi connectivity index (χ2v) is 12.8. The minimum Gasteiger partial charge on any atom is -0.463 e. The van der Waals surface area contributed by atoms with E-state index in [4.69, 9.17) is 9.47 Å². The van der Waals surface area contributed by atoms with Crippen LogP contribution < -0.4 is 0 Å². The number of esters is 2. The van der Waals surface area contributed by atoms with Crippen molar-refractivity contribution in [2.24, 2.45) is 5.92 Å². The fourth-order valence-corrected chi connectivity index (χ4v) is 4.82. The maximum absolute atomic E-state index is 12.0. The van der Waals surface area contributed by atoms with Gasteiger partial charge in [0.15, 0.2) is 0 Å². The SMILES string of the molecule is CC/C=C\C/C=C\C/C=C\C/C=C\C/C=C\C=C/C(O)CCC(=O)OC[C@@H](O)COC(=O)CCCCCCCCCCCCC(C)CC. The summed E-state index contributed by atoms with van der Waals surface area (Å²) >= 11 is 0. The Hall–Kier alpha value is -2.70. The van der Waals surface area contributed by atoms with Gasteiger partial charge in [-0.05, 0) is 50.9 Å². The minimum atomic E-state index is -1.06. The van der Waals surface area contributed by atoms with Gasteiger partial charge in [-0.15, -0.1) is 0 Å². The number of rotatable bonds is 32. The van der Waals surface area contributed by atoms with Gasteiger partial charge in [-0.25, -0.2) is 0 Å². The number of ether oxygens (including phenoxy) is 2. The molecule has 0 fully saturated rings. The van der Waals surface area contributed by atoms with E-state index in [2.05, 4.69) is 69.4 Å². The maximum Gasteiger partial charge on any atom is 0.305 e. The van der Waals surface area contributed by atoms with Crippen molar-refractivity contribution in [2.75, 3.05) is 13.2 Å². The van der Waals surface area contributed by atoms with Crippen LogP contribution in [0.2, 0.25) is 0 Å². The van der Waals surface area contributed by atoms with Crippen molar-refractivity contribution in [3.63, 3.8) is 0 Å². The number of carbonyl (C=O) groups excluding carboxylic acids is 2. The first-order chi connectivity index (χ1) is 23.4. The van der Waals surface area contributed by atoms with Crippen LogP contribution in [0.15, 0.2) is 72.9 Å². The fourth-order valence-electron chi connectivity index (χ4n) is 4.82. The first kappa shape index (κ1) is 45.3. The highest BCUT2D eigenvalue weighted by atomic mass is 16.6. The highest BCUT2D eigenvalue weighted by molar-refractivity contribution is 5.69. The van der Waals surface area contributed by atoms with Crippen LogP contribution >= 0.6 is 0 Å². The molecule has 0 heterocycles. The lowest BCUT2D eigenvalue weighted by molar-refractivity contribution is -0.152. The van der Waals surface area contributed by atoms with E-state index >= 15 is 0 Å². The molecule has 0 rings (SSSR count). The van der Waals surface area contributed by atoms with E-state index in [1.165, 1.54) is 57.8 Å². The van der Waals surface area contributed by atoms with Gasteiger partial charge >= 0.3 is 11.9 Å². The molecule has 2 N–H and O–H groups in total. The van der Waals surface area contributed by atoms with E-state index in [0.29, 0.717) is 6.42 Å². The second kappa shape index (κ2) is 35.6. The van der Waals surface area contributed by atoms with Crippen LogP contribution in [0.5, 0.6) is 0 Å². The van der Waals surface area contributed by atoms with Gasteiger partial charge in [0.2, 0.25) is 0 Å². The number of hydrogen-bond donors (Lipinski definition) is 2. The molecule has 0 radical (unpaired) electrons. The van der Waals surface area contributed by atoms with Crippen LogP contribution in [0.4, 0.5) is 0 Å². The van der Waals surface area contributed by atoms with Crippen molar-refractivity contribution in [3.05, 3.63) is 72.9 Å². The quantitative estimate of drug-likeness (QED) is 0.0320. The number of carbonyl (C=O) groups is 2. The molecule has 0 saturated heterocycles. The Morgan fingerprint density at radius 1 is 0.562 bits per heavy atom. The Morgan fingerprint density at radius 3 is 1.54 bits per heavy atom. The summed E-state index contributed by atoms with van der Waals surface area (Å²) in [7, 11) is 0. The van der Waals surface area contributed by atoms with Gasteiger partial charge in [0.1, 0.15) is 19.3 Å². The van der Waals surface area contributed by atoms with Crippen LogP contribution in [-0.2, 0) is 19.1 Å². The van der Waals surface area contributed by atoms with Crippen molar-refractivity contribution in [1.82, 2.24) is 0 Å². The highest BCUT2D eigenvalue weighted by Crippen LogP contribution is 2.15. The van der Waals surface area contributed by atoms with E-state index in [1.54, 1.807) is 12.2 Å². The minimum absolute atomic E-state index is 0.0298. The zero-order valence-corrected chi connectivity index (χ0v) is 30.7. The molecular weight excluding hydrogens is 600 g/mol. The summed E-state index contributed by atoms with van der Waals surface area (Å²) in [5.41, 5.74) is 0. The van der Waals surface area contributed by atoms with Crippen LogP contribution in [0.1, 0.15) is 149 Å². The predicted molar refractivity (Wildman–Crippen MR) is 202 cm³/mol. The molecule has 6 heteroatoms. The number of aliphatic hydroxyl groups is 2. The van der Waals surface area contributed by atoms with Gasteiger partial charge < -0.3 is 19.7 Å². The molecule has 0 aliphatic rings. The fraction of sp³-hybridized carbons (Fsp3) is 0.667. The molecule has 0 spiro atoms. The summed E-state index contributed by atoms with van der Waals surface area (Å²) in [6.45, 7) is 6.31. The van der Waals surface area contributed by atoms with Crippen LogP contribution in [0.3, 0.4) is 0 Å². The van der Waals surface area contributed by atoms with Gasteiger partial charge in [-0.3, -0.25) is 9.59 Å². The van der Waals surface area contributed by atoms with Crippen molar-refractivity contribution in [2.45, 2.75) is 161 Å². The Kier molecular flexibility index (Phi) is 33.6. The maximum atomic E-state index is 12.0. The molecule has 0 aliphatic carbocycles. The van der Waals surface area contributed by atoms with Gasteiger partial charge in [0.05, 0.1) is 6.10 Å². The Bertz CT molecular complexity index is 928. The Labute approximate surface area is 294 Å². The van der Waals surface area contributed by atoms with Crippen LogP contribution in [0.25, 0.3) is 0 Å². The highest BCUT2D eigenvalue weighted by Gasteiger charge is 2.13. The van der Waals surface area contributed by atoms with E-state index in [0.717, 1.165) is 57.3 Å². The molecule has 0 saturated carbocycles. The summed E-state index contributed by atoms with van der Waals surface area (Å²) in [5, 5.41) is 20.1. The largest absolute Gasteiger partial charge is 0.463 e. The summed E-state index contributed by atoms with van der Waals surface area (Å²) in [6, 6.07) is 0. The molecule has 48 heavy (non-hydrogen) atoms. The molecule has 6 nitrogen and oxygen atoms in total. The van der Waals surface area contributed by atoms with Gasteiger partial charge in [0.25, 0.3) is 0 Å². The lowest BCUT2D eigenvalue weighted by Crippen LogP contribution is -2.25. The summed E-state index contributed by atoms with van der Waals surface area (Å²) in [4.78, 5) is 23.9. The third-order valence-electron chi connectivity index (χ3n) is 8.11. The molecule has 2 unspecified atom stereocenters. The molecule has 0 aromatic rings. The monoisotopic (exact) mass is 671 g/mol. The summed E-state index contributed by atoms with van der Waals surface area (Å²) in [6.07, 6.45) is 42.8. The van der Waals surface area contributed by atoms with E-state index in [-0.39, 0.29) is 32.0 Å². The number of allylic oxidation sites excluding steroid dienone is 11. The summed E-state index contributed by atoms with van der Waals surface area (Å²) in [5.74, 6) is 0.0221. The van der Waals surface area contributed by atoms with Gasteiger partial charge in [-0.1, -0.05) is 164 Å². The predicted octanol–water partition coefficient (Wildman–Crippen LogP) is 10.6. The first-order valence-electron chi connectivity index (χ1n) is 19.0. The number of unbranched alkanes of at least 4 members (excludes halogenated alkanes) is 9. The Balaban J connectivity index is 3.72. The third-order valence-corrected chi connectivity index (χ3v) is 8.11. The molecule has 0 amide bonds. The van der Waals surface area contributed by atoms with E-state index in [9.17, 15) is 19.8 Å². The zero-order chi connectivity index (χ0) is 35.3. The van der Waals surface area contributed by atoms with Crippen LogP contribution in [-0.4, -0.2) is 47.6 Å². The summed E-state index contributed by atoms with van der Waals surface area (Å²) < 4.78 is 10.2.